The molecule has 2 rings (SSSR count). The lowest BCUT2D eigenvalue weighted by atomic mass is 9.99. The molecule has 0 aliphatic carbocycles. The molecule has 0 aliphatic heterocycles. The summed E-state index contributed by atoms with van der Waals surface area (Å²) in [4.78, 5) is 0. The number of rotatable bonds is 2. The van der Waals surface area contributed by atoms with E-state index >= 15 is 0 Å². The average Bonchev–Trinajstić information content (AvgIpc) is 2.28. The van der Waals surface area contributed by atoms with Crippen LogP contribution in [0.2, 0.25) is 0 Å². The molecule has 0 radical (unpaired) electrons. The number of hydrogen-bond acceptors (Lipinski definition) is 0. The van der Waals surface area contributed by atoms with E-state index in [2.05, 4.69) is 49.4 Å². The highest BCUT2D eigenvalue weighted by molar-refractivity contribution is 6.36. The molecule has 0 heterocycles. The van der Waals surface area contributed by atoms with Crippen LogP contribution in [-0.4, -0.2) is 10.2 Å². The number of aryl methyl sites for hydroxylation is 1. The van der Waals surface area contributed by atoms with Crippen LogP contribution in [0.25, 0.3) is 11.1 Å². The molecule has 0 unspecified atom stereocenters. The lowest BCUT2D eigenvalue weighted by Gasteiger charge is -2.11. The Morgan fingerprint density at radius 3 is 2.56 bits per heavy atom. The zero-order valence-electron chi connectivity index (χ0n) is 9.63. The highest BCUT2D eigenvalue weighted by Gasteiger charge is 2.06. The summed E-state index contributed by atoms with van der Waals surface area (Å²) < 4.78 is 0. The minimum atomic E-state index is 0.583. The van der Waals surface area contributed by atoms with Gasteiger partial charge in [0, 0.05) is 16.1 Å². The van der Waals surface area contributed by atoms with Crippen LogP contribution >= 0.6 is 11.6 Å². The zero-order chi connectivity index (χ0) is 11.5. The summed E-state index contributed by atoms with van der Waals surface area (Å²) >= 11 is 6.01. The highest BCUT2D eigenvalue weighted by atomic mass is 35.5. The topological polar surface area (TPSA) is 0 Å². The van der Waals surface area contributed by atoms with E-state index in [1.54, 1.807) is 0 Å². The van der Waals surface area contributed by atoms with Gasteiger partial charge in [-0.3, -0.25) is 0 Å². The molecule has 0 saturated heterocycles. The maximum Gasteiger partial charge on any atom is 0.0480 e. The molecule has 0 amide bonds. The van der Waals surface area contributed by atoms with Crippen LogP contribution in [0.15, 0.2) is 42.5 Å². The van der Waals surface area contributed by atoms with Gasteiger partial charge in [0.05, 0.1) is 0 Å². The molecule has 0 N–H and O–H groups in total. The number of alkyl halides is 1. The molecular weight excluding hydrogens is 232 g/mol. The van der Waals surface area contributed by atoms with Gasteiger partial charge < -0.3 is 0 Å². The first-order valence-corrected chi connectivity index (χ1v) is 6.97. The number of benzene rings is 2. The van der Waals surface area contributed by atoms with Gasteiger partial charge in [-0.2, -0.15) is 0 Å². The molecule has 2 aromatic rings. The summed E-state index contributed by atoms with van der Waals surface area (Å²) in [5, 5.41) is 1.42. The van der Waals surface area contributed by atoms with Crippen molar-refractivity contribution in [3.8, 4) is 11.1 Å². The number of halogens is 1. The highest BCUT2D eigenvalue weighted by Crippen LogP contribution is 2.23. The fraction of sp³-hybridized carbons (Fsp3) is 0.143. The van der Waals surface area contributed by atoms with Gasteiger partial charge in [-0.25, -0.2) is 0 Å². The van der Waals surface area contributed by atoms with E-state index in [0.717, 1.165) is 10.2 Å². The Morgan fingerprint density at radius 1 is 1.12 bits per heavy atom. The summed E-state index contributed by atoms with van der Waals surface area (Å²) in [6, 6.07) is 15.0. The smallest absolute Gasteiger partial charge is 0.0480 e. The van der Waals surface area contributed by atoms with E-state index in [-0.39, 0.29) is 0 Å². The van der Waals surface area contributed by atoms with Crippen LogP contribution in [0.3, 0.4) is 0 Å². The molecule has 82 valence electrons. The summed E-state index contributed by atoms with van der Waals surface area (Å²) in [5.74, 6) is 0.583. The average molecular weight is 247 g/mol. The first-order chi connectivity index (χ1) is 7.72. The minimum absolute atomic E-state index is 0.583. The van der Waals surface area contributed by atoms with Gasteiger partial charge in [0.25, 0.3) is 0 Å². The van der Waals surface area contributed by atoms with E-state index < -0.39 is 0 Å². The molecule has 0 saturated carbocycles. The predicted molar refractivity (Wildman–Crippen MR) is 75.7 cm³/mol. The Hall–Kier alpha value is -1.05. The van der Waals surface area contributed by atoms with Gasteiger partial charge in [-0.15, -0.1) is 11.6 Å². The van der Waals surface area contributed by atoms with E-state index in [4.69, 9.17) is 11.6 Å². The third-order valence-corrected chi connectivity index (χ3v) is 3.93. The molecule has 0 aliphatic rings. The normalized spacial score (nSPS) is 10.6. The quantitative estimate of drug-likeness (QED) is 0.564. The van der Waals surface area contributed by atoms with Crippen LogP contribution in [0.4, 0.5) is 0 Å². The zero-order valence-corrected chi connectivity index (χ0v) is 12.4. The third-order valence-electron chi connectivity index (χ3n) is 2.81. The van der Waals surface area contributed by atoms with Gasteiger partial charge in [-0.1, -0.05) is 53.2 Å². The molecule has 0 spiro atoms. The van der Waals surface area contributed by atoms with Gasteiger partial charge >= 0.3 is 0 Å². The van der Waals surface area contributed by atoms with Crippen molar-refractivity contribution in [2.45, 2.75) is 12.8 Å². The van der Waals surface area contributed by atoms with E-state index in [1.165, 1.54) is 27.4 Å². The second-order valence-corrected chi connectivity index (χ2v) is 5.46. The SMILES string of the molecule is Cc1cccc(-c2c([SiH3])cccc2CCl)c1. The van der Waals surface area contributed by atoms with Crippen molar-refractivity contribution >= 4 is 27.0 Å². The summed E-state index contributed by atoms with van der Waals surface area (Å²) in [7, 11) is 1.05. The lowest BCUT2D eigenvalue weighted by Crippen LogP contribution is -2.08. The second-order valence-electron chi connectivity index (χ2n) is 4.11. The maximum atomic E-state index is 6.01. The Balaban J connectivity index is 2.63. The van der Waals surface area contributed by atoms with Crippen LogP contribution in [0.5, 0.6) is 0 Å². The van der Waals surface area contributed by atoms with Crippen molar-refractivity contribution in [3.05, 3.63) is 53.6 Å². The fourth-order valence-electron chi connectivity index (χ4n) is 2.05. The second kappa shape index (κ2) is 4.85. The Labute approximate surface area is 105 Å². The van der Waals surface area contributed by atoms with Crippen molar-refractivity contribution in [3.63, 3.8) is 0 Å². The van der Waals surface area contributed by atoms with Crippen molar-refractivity contribution in [1.29, 1.82) is 0 Å². The summed E-state index contributed by atoms with van der Waals surface area (Å²) in [5.41, 5.74) is 5.16. The number of hydrogen-bond donors (Lipinski definition) is 0. The largest absolute Gasteiger partial charge is 0.122 e. The minimum Gasteiger partial charge on any atom is -0.122 e. The predicted octanol–water partition coefficient (Wildman–Crippen LogP) is 2.39. The molecule has 0 fully saturated rings. The molecule has 0 atom stereocenters. The van der Waals surface area contributed by atoms with E-state index in [1.807, 2.05) is 0 Å². The van der Waals surface area contributed by atoms with Gasteiger partial charge in [0.2, 0.25) is 0 Å². The first-order valence-electron chi connectivity index (χ1n) is 5.44. The lowest BCUT2D eigenvalue weighted by molar-refractivity contribution is 1.40. The Bertz CT molecular complexity index is 506. The maximum absolute atomic E-state index is 6.01. The fourth-order valence-corrected chi connectivity index (χ4v) is 3.08. The van der Waals surface area contributed by atoms with Gasteiger partial charge in [0.15, 0.2) is 0 Å². The van der Waals surface area contributed by atoms with Crippen molar-refractivity contribution < 1.29 is 0 Å². The van der Waals surface area contributed by atoms with Crippen LogP contribution in [0.1, 0.15) is 11.1 Å². The van der Waals surface area contributed by atoms with Gasteiger partial charge in [-0.05, 0) is 23.6 Å². The first kappa shape index (κ1) is 11.4. The standard InChI is InChI=1S/C14H15ClSi/c1-10-4-2-5-11(8-10)14-12(9-15)6-3-7-13(14)16/h2-8H,9H2,1,16H3. The molecule has 16 heavy (non-hydrogen) atoms. The molecule has 0 nitrogen and oxygen atoms in total. The molecular formula is C14H15ClSi. The summed E-state index contributed by atoms with van der Waals surface area (Å²) in [6.07, 6.45) is 0. The molecule has 2 aromatic carbocycles. The van der Waals surface area contributed by atoms with Crippen molar-refractivity contribution in [2.24, 2.45) is 0 Å². The van der Waals surface area contributed by atoms with Gasteiger partial charge in [0.1, 0.15) is 0 Å². The third kappa shape index (κ3) is 2.21. The molecule has 0 aromatic heterocycles. The molecule has 2 heteroatoms. The summed E-state index contributed by atoms with van der Waals surface area (Å²) in [6.45, 7) is 2.12. The Morgan fingerprint density at radius 2 is 1.88 bits per heavy atom. The van der Waals surface area contributed by atoms with Crippen molar-refractivity contribution in [1.82, 2.24) is 0 Å². The van der Waals surface area contributed by atoms with Crippen LogP contribution in [-0.2, 0) is 5.88 Å². The van der Waals surface area contributed by atoms with E-state index in [9.17, 15) is 0 Å². The Kier molecular flexibility index (Phi) is 3.47. The molecule has 0 bridgehead atoms. The van der Waals surface area contributed by atoms with Crippen molar-refractivity contribution in [2.75, 3.05) is 0 Å². The van der Waals surface area contributed by atoms with Crippen LogP contribution < -0.4 is 5.19 Å². The monoisotopic (exact) mass is 246 g/mol. The van der Waals surface area contributed by atoms with E-state index in [0.29, 0.717) is 5.88 Å². The van der Waals surface area contributed by atoms with Crippen LogP contribution in [0, 0.1) is 6.92 Å².